The number of carbonyl (C=O) groups is 4. The second-order valence-corrected chi connectivity index (χ2v) is 7.74. The van der Waals surface area contributed by atoms with Crippen molar-refractivity contribution in [2.24, 2.45) is 17.6 Å². The van der Waals surface area contributed by atoms with Crippen LogP contribution in [-0.2, 0) is 19.2 Å². The number of aliphatic hydroxyl groups is 1. The summed E-state index contributed by atoms with van der Waals surface area (Å²) >= 11 is 0. The van der Waals surface area contributed by atoms with Crippen molar-refractivity contribution in [3.63, 3.8) is 0 Å². The van der Waals surface area contributed by atoms with Gasteiger partial charge in [0.05, 0.1) is 12.6 Å². The Hall–Kier alpha value is -2.20. The number of aliphatic carboxylic acids is 1. The van der Waals surface area contributed by atoms with E-state index < -0.39 is 54.5 Å². The van der Waals surface area contributed by atoms with Gasteiger partial charge < -0.3 is 31.9 Å². The fourth-order valence-corrected chi connectivity index (χ4v) is 2.46. The number of nitrogens with two attached hydrogens (primary N) is 1. The van der Waals surface area contributed by atoms with Gasteiger partial charge >= 0.3 is 5.97 Å². The van der Waals surface area contributed by atoms with E-state index in [1.54, 1.807) is 0 Å². The van der Waals surface area contributed by atoms with Crippen molar-refractivity contribution in [2.45, 2.75) is 71.6 Å². The molecule has 10 nitrogen and oxygen atoms in total. The number of nitrogens with one attached hydrogen (secondary N) is 3. The third-order valence-corrected chi connectivity index (χ3v) is 3.95. The molecule has 0 rings (SSSR count). The minimum absolute atomic E-state index is 0.0512. The molecule has 4 unspecified atom stereocenters. The molecule has 0 aromatic rings. The Bertz CT molecular complexity index is 552. The Labute approximate surface area is 165 Å². The number of amides is 3. The molecule has 0 spiro atoms. The summed E-state index contributed by atoms with van der Waals surface area (Å²) in [6.07, 6.45) is 0.654. The second-order valence-electron chi connectivity index (χ2n) is 7.74. The van der Waals surface area contributed by atoms with Gasteiger partial charge in [0.2, 0.25) is 17.7 Å². The summed E-state index contributed by atoms with van der Waals surface area (Å²) in [4.78, 5) is 47.7. The molecule has 0 fully saturated rings. The van der Waals surface area contributed by atoms with Crippen LogP contribution in [0, 0.1) is 11.8 Å². The van der Waals surface area contributed by atoms with Crippen molar-refractivity contribution in [2.75, 3.05) is 6.61 Å². The van der Waals surface area contributed by atoms with E-state index in [0.29, 0.717) is 6.42 Å². The summed E-state index contributed by atoms with van der Waals surface area (Å²) in [5.74, 6) is -2.97. The van der Waals surface area contributed by atoms with Crippen molar-refractivity contribution in [1.82, 2.24) is 16.0 Å². The van der Waals surface area contributed by atoms with E-state index >= 15 is 0 Å². The molecule has 0 bridgehead atoms. The molecule has 0 radical (unpaired) electrons. The first kappa shape index (κ1) is 25.8. The number of aliphatic hydroxyl groups excluding tert-OH is 1. The predicted octanol–water partition coefficient (Wildman–Crippen LogP) is -1.04. The van der Waals surface area contributed by atoms with E-state index in [9.17, 15) is 29.4 Å². The Kier molecular flexibility index (Phi) is 11.3. The van der Waals surface area contributed by atoms with Crippen LogP contribution in [0.15, 0.2) is 0 Å². The van der Waals surface area contributed by atoms with Crippen molar-refractivity contribution in [3.05, 3.63) is 0 Å². The third-order valence-electron chi connectivity index (χ3n) is 3.95. The smallest absolute Gasteiger partial charge is 0.326 e. The minimum Gasteiger partial charge on any atom is -0.480 e. The molecule has 0 saturated carbocycles. The lowest BCUT2D eigenvalue weighted by Crippen LogP contribution is -2.57. The van der Waals surface area contributed by atoms with Crippen molar-refractivity contribution >= 4 is 23.7 Å². The van der Waals surface area contributed by atoms with Crippen LogP contribution in [0.1, 0.15) is 47.5 Å². The van der Waals surface area contributed by atoms with Gasteiger partial charge in [0, 0.05) is 0 Å². The van der Waals surface area contributed by atoms with Gasteiger partial charge in [0.25, 0.3) is 0 Å². The lowest BCUT2D eigenvalue weighted by molar-refractivity contribution is -0.142. The van der Waals surface area contributed by atoms with Gasteiger partial charge in [0.15, 0.2) is 0 Å². The molecular formula is C18H34N4O6. The molecule has 3 amide bonds. The quantitative estimate of drug-likeness (QED) is 0.242. The molecule has 0 aliphatic heterocycles. The molecule has 0 aliphatic rings. The fourth-order valence-electron chi connectivity index (χ4n) is 2.46. The average Bonchev–Trinajstić information content (AvgIpc) is 2.57. The first-order valence-electron chi connectivity index (χ1n) is 9.39. The molecule has 0 aliphatic carbocycles. The van der Waals surface area contributed by atoms with Crippen LogP contribution in [-0.4, -0.2) is 64.7 Å². The van der Waals surface area contributed by atoms with Crippen LogP contribution in [0.2, 0.25) is 0 Å². The Morgan fingerprint density at radius 1 is 0.786 bits per heavy atom. The van der Waals surface area contributed by atoms with E-state index in [-0.39, 0.29) is 18.3 Å². The van der Waals surface area contributed by atoms with Crippen LogP contribution < -0.4 is 21.7 Å². The van der Waals surface area contributed by atoms with Gasteiger partial charge in [-0.2, -0.15) is 0 Å². The summed E-state index contributed by atoms with van der Waals surface area (Å²) in [6, 6.07) is -4.23. The zero-order valence-electron chi connectivity index (χ0n) is 17.2. The maximum Gasteiger partial charge on any atom is 0.326 e. The standard InChI is InChI=1S/C18H34N4O6/c1-9(2)6-12(19)16(25)22-14(8-23)17(26)20-11(5)15(24)21-13(18(27)28)7-10(3)4/h9-14,23H,6-8,19H2,1-5H3,(H,20,26)(H,21,24)(H,22,25)(H,27,28). The van der Waals surface area contributed by atoms with E-state index in [1.807, 2.05) is 27.7 Å². The maximum atomic E-state index is 12.2. The summed E-state index contributed by atoms with van der Waals surface area (Å²) < 4.78 is 0. The predicted molar refractivity (Wildman–Crippen MR) is 103 cm³/mol. The van der Waals surface area contributed by atoms with E-state index in [1.165, 1.54) is 6.92 Å². The lowest BCUT2D eigenvalue weighted by atomic mass is 10.0. The molecule has 162 valence electrons. The second kappa shape index (κ2) is 12.3. The van der Waals surface area contributed by atoms with Gasteiger partial charge in [-0.3, -0.25) is 14.4 Å². The van der Waals surface area contributed by atoms with Crippen LogP contribution in [0.4, 0.5) is 0 Å². The maximum absolute atomic E-state index is 12.2. The fraction of sp³-hybridized carbons (Fsp3) is 0.778. The molecule has 28 heavy (non-hydrogen) atoms. The number of carboxylic acid groups (broad SMARTS) is 1. The topological polar surface area (TPSA) is 171 Å². The largest absolute Gasteiger partial charge is 0.480 e. The van der Waals surface area contributed by atoms with Crippen molar-refractivity contribution < 1.29 is 29.4 Å². The molecule has 7 N–H and O–H groups in total. The Morgan fingerprint density at radius 3 is 1.71 bits per heavy atom. The highest BCUT2D eigenvalue weighted by molar-refractivity contribution is 5.93. The van der Waals surface area contributed by atoms with Gasteiger partial charge in [-0.1, -0.05) is 27.7 Å². The summed E-state index contributed by atoms with van der Waals surface area (Å²) in [6.45, 7) is 8.14. The van der Waals surface area contributed by atoms with Gasteiger partial charge in [-0.15, -0.1) is 0 Å². The third kappa shape index (κ3) is 9.65. The first-order valence-corrected chi connectivity index (χ1v) is 9.39. The molecular weight excluding hydrogens is 368 g/mol. The number of carbonyl (C=O) groups excluding carboxylic acids is 3. The van der Waals surface area contributed by atoms with E-state index in [0.717, 1.165) is 0 Å². The monoisotopic (exact) mass is 402 g/mol. The summed E-state index contributed by atoms with van der Waals surface area (Å²) in [5.41, 5.74) is 5.75. The number of carboxylic acids is 1. The minimum atomic E-state index is -1.27. The molecule has 0 saturated heterocycles. The van der Waals surface area contributed by atoms with Gasteiger partial charge in [-0.05, 0) is 31.6 Å². The highest BCUT2D eigenvalue weighted by Gasteiger charge is 2.28. The number of hydrogen-bond acceptors (Lipinski definition) is 6. The Morgan fingerprint density at radius 2 is 1.29 bits per heavy atom. The molecule has 4 atom stereocenters. The van der Waals surface area contributed by atoms with Gasteiger partial charge in [-0.25, -0.2) is 4.79 Å². The zero-order chi connectivity index (χ0) is 22.0. The first-order chi connectivity index (χ1) is 12.9. The molecule has 0 aromatic carbocycles. The molecule has 10 heteroatoms. The normalized spacial score (nSPS) is 15.5. The van der Waals surface area contributed by atoms with Crippen LogP contribution in [0.5, 0.6) is 0 Å². The zero-order valence-corrected chi connectivity index (χ0v) is 17.2. The number of rotatable bonds is 12. The average molecular weight is 402 g/mol. The molecule has 0 heterocycles. The molecule has 0 aromatic heterocycles. The van der Waals surface area contributed by atoms with Crippen LogP contribution >= 0.6 is 0 Å². The van der Waals surface area contributed by atoms with Crippen LogP contribution in [0.25, 0.3) is 0 Å². The highest BCUT2D eigenvalue weighted by atomic mass is 16.4. The Balaban J connectivity index is 4.80. The van der Waals surface area contributed by atoms with Crippen LogP contribution in [0.3, 0.4) is 0 Å². The van der Waals surface area contributed by atoms with E-state index in [2.05, 4.69) is 16.0 Å². The van der Waals surface area contributed by atoms with E-state index in [4.69, 9.17) is 5.73 Å². The van der Waals surface area contributed by atoms with Gasteiger partial charge in [0.1, 0.15) is 18.1 Å². The highest BCUT2D eigenvalue weighted by Crippen LogP contribution is 2.05. The summed E-state index contributed by atoms with van der Waals surface area (Å²) in [7, 11) is 0. The SMILES string of the molecule is CC(C)CC(N)C(=O)NC(CO)C(=O)NC(C)C(=O)NC(CC(C)C)C(=O)O. The van der Waals surface area contributed by atoms with Crippen molar-refractivity contribution in [1.29, 1.82) is 0 Å². The summed E-state index contributed by atoms with van der Waals surface area (Å²) in [5, 5.41) is 25.6. The lowest BCUT2D eigenvalue weighted by Gasteiger charge is -2.23. The number of hydrogen-bond donors (Lipinski definition) is 6. The van der Waals surface area contributed by atoms with Crippen molar-refractivity contribution in [3.8, 4) is 0 Å².